The molecule has 0 spiro atoms. The Labute approximate surface area is 196 Å². The van der Waals surface area contributed by atoms with E-state index in [9.17, 15) is 9.59 Å². The van der Waals surface area contributed by atoms with Gasteiger partial charge in [0, 0.05) is 64.4 Å². The first kappa shape index (κ1) is 23.8. The lowest BCUT2D eigenvalue weighted by molar-refractivity contribution is -0.135. The van der Waals surface area contributed by atoms with E-state index in [4.69, 9.17) is 9.47 Å². The minimum atomic E-state index is -0.219. The van der Waals surface area contributed by atoms with Crippen molar-refractivity contribution in [1.82, 2.24) is 24.9 Å². The van der Waals surface area contributed by atoms with Gasteiger partial charge in [-0.1, -0.05) is 6.07 Å². The number of ether oxygens (including phenoxy) is 2. The van der Waals surface area contributed by atoms with Gasteiger partial charge in [-0.3, -0.25) is 24.3 Å². The Morgan fingerprint density at radius 1 is 0.848 bits per heavy atom. The summed E-state index contributed by atoms with van der Waals surface area (Å²) in [5, 5.41) is 3.00. The molecule has 0 saturated carbocycles. The molecular formula is C24H37N5O4. The van der Waals surface area contributed by atoms with Crippen molar-refractivity contribution >= 4 is 11.8 Å². The lowest BCUT2D eigenvalue weighted by atomic mass is 10.1. The monoisotopic (exact) mass is 459 g/mol. The molecule has 1 aromatic carbocycles. The summed E-state index contributed by atoms with van der Waals surface area (Å²) < 4.78 is 10.9. The molecule has 0 aliphatic carbocycles. The smallest absolute Gasteiger partial charge is 0.236 e. The SMILES string of the molecule is CC(C)(C)NC(=O)CN1CCN(C(=O)CN2CCN(Cc3ccc4c(c3)OCO4)CC2)CC1. The molecule has 3 aliphatic heterocycles. The molecule has 0 aromatic heterocycles. The highest BCUT2D eigenvalue weighted by molar-refractivity contribution is 5.79. The topological polar surface area (TPSA) is 77.6 Å². The van der Waals surface area contributed by atoms with E-state index < -0.39 is 0 Å². The van der Waals surface area contributed by atoms with Gasteiger partial charge in [0.1, 0.15) is 0 Å². The molecular weight excluding hydrogens is 422 g/mol. The van der Waals surface area contributed by atoms with E-state index in [-0.39, 0.29) is 17.4 Å². The summed E-state index contributed by atoms with van der Waals surface area (Å²) in [6, 6.07) is 6.13. The lowest BCUT2D eigenvalue weighted by Gasteiger charge is -2.38. The quantitative estimate of drug-likeness (QED) is 0.667. The fourth-order valence-electron chi connectivity index (χ4n) is 4.51. The summed E-state index contributed by atoms with van der Waals surface area (Å²) in [5.41, 5.74) is 1.00. The van der Waals surface area contributed by atoms with Crippen LogP contribution in [0.25, 0.3) is 0 Å². The average Bonchev–Trinajstić information content (AvgIpc) is 3.22. The van der Waals surface area contributed by atoms with E-state index in [1.165, 1.54) is 5.56 Å². The molecule has 9 nitrogen and oxygen atoms in total. The molecule has 9 heteroatoms. The molecule has 4 rings (SSSR count). The van der Waals surface area contributed by atoms with Crippen LogP contribution >= 0.6 is 0 Å². The molecule has 2 amide bonds. The molecule has 3 heterocycles. The van der Waals surface area contributed by atoms with Gasteiger partial charge in [-0.2, -0.15) is 0 Å². The van der Waals surface area contributed by atoms with Crippen molar-refractivity contribution in [1.29, 1.82) is 0 Å². The van der Waals surface area contributed by atoms with Crippen molar-refractivity contribution in [3.8, 4) is 11.5 Å². The van der Waals surface area contributed by atoms with Gasteiger partial charge in [0.25, 0.3) is 0 Å². The van der Waals surface area contributed by atoms with E-state index >= 15 is 0 Å². The maximum Gasteiger partial charge on any atom is 0.236 e. The summed E-state index contributed by atoms with van der Waals surface area (Å²) in [6.45, 7) is 14.5. The molecule has 0 atom stereocenters. The molecule has 33 heavy (non-hydrogen) atoms. The second-order valence-corrected chi connectivity index (χ2v) is 10.2. The Hall–Kier alpha value is -2.36. The van der Waals surface area contributed by atoms with Crippen molar-refractivity contribution in [2.24, 2.45) is 0 Å². The molecule has 1 N–H and O–H groups in total. The summed E-state index contributed by atoms with van der Waals surface area (Å²) in [6.07, 6.45) is 0. The number of rotatable bonds is 6. The number of benzene rings is 1. The number of hydrogen-bond acceptors (Lipinski definition) is 7. The Balaban J connectivity index is 1.14. The first-order chi connectivity index (χ1) is 15.7. The minimum Gasteiger partial charge on any atom is -0.454 e. The second kappa shape index (κ2) is 10.3. The van der Waals surface area contributed by atoms with Gasteiger partial charge < -0.3 is 19.7 Å². The molecule has 182 valence electrons. The zero-order valence-corrected chi connectivity index (χ0v) is 20.1. The number of amides is 2. The fraction of sp³-hybridized carbons (Fsp3) is 0.667. The van der Waals surface area contributed by atoms with Crippen molar-refractivity contribution in [2.45, 2.75) is 32.9 Å². The summed E-state index contributed by atoms with van der Waals surface area (Å²) in [4.78, 5) is 33.7. The van der Waals surface area contributed by atoms with E-state index in [2.05, 4.69) is 32.1 Å². The van der Waals surface area contributed by atoms with Gasteiger partial charge in [-0.25, -0.2) is 0 Å². The van der Waals surface area contributed by atoms with Crippen LogP contribution in [0.3, 0.4) is 0 Å². The molecule has 0 bridgehead atoms. The van der Waals surface area contributed by atoms with Gasteiger partial charge in [-0.15, -0.1) is 0 Å². The van der Waals surface area contributed by atoms with Crippen molar-refractivity contribution < 1.29 is 19.1 Å². The molecule has 0 radical (unpaired) electrons. The molecule has 2 fully saturated rings. The molecule has 3 aliphatic rings. The number of carbonyl (C=O) groups is 2. The highest BCUT2D eigenvalue weighted by Gasteiger charge is 2.26. The van der Waals surface area contributed by atoms with Gasteiger partial charge in [0.05, 0.1) is 13.1 Å². The summed E-state index contributed by atoms with van der Waals surface area (Å²) in [7, 11) is 0. The van der Waals surface area contributed by atoms with E-state index in [1.54, 1.807) is 0 Å². The van der Waals surface area contributed by atoms with E-state index in [0.717, 1.165) is 57.3 Å². The van der Waals surface area contributed by atoms with Gasteiger partial charge >= 0.3 is 0 Å². The van der Waals surface area contributed by atoms with Crippen molar-refractivity contribution in [2.75, 3.05) is 72.2 Å². The van der Waals surface area contributed by atoms with Crippen LogP contribution in [0.5, 0.6) is 11.5 Å². The zero-order valence-electron chi connectivity index (χ0n) is 20.1. The predicted octanol–water partition coefficient (Wildman–Crippen LogP) is 0.592. The largest absolute Gasteiger partial charge is 0.454 e. The van der Waals surface area contributed by atoms with E-state index in [0.29, 0.717) is 33.0 Å². The van der Waals surface area contributed by atoms with Crippen molar-refractivity contribution in [3.05, 3.63) is 23.8 Å². The van der Waals surface area contributed by atoms with Crippen LogP contribution in [-0.2, 0) is 16.1 Å². The average molecular weight is 460 g/mol. The number of nitrogens with zero attached hydrogens (tertiary/aromatic N) is 4. The Morgan fingerprint density at radius 2 is 1.45 bits per heavy atom. The third kappa shape index (κ3) is 6.82. The maximum atomic E-state index is 12.8. The molecule has 0 unspecified atom stereocenters. The Morgan fingerprint density at radius 3 is 2.15 bits per heavy atom. The zero-order chi connectivity index (χ0) is 23.4. The van der Waals surface area contributed by atoms with Crippen LogP contribution in [0.2, 0.25) is 0 Å². The first-order valence-electron chi connectivity index (χ1n) is 11.9. The number of carbonyl (C=O) groups excluding carboxylic acids is 2. The van der Waals surface area contributed by atoms with Crippen LogP contribution in [0.1, 0.15) is 26.3 Å². The fourth-order valence-corrected chi connectivity index (χ4v) is 4.51. The second-order valence-electron chi connectivity index (χ2n) is 10.2. The van der Waals surface area contributed by atoms with Gasteiger partial charge in [0.2, 0.25) is 18.6 Å². The predicted molar refractivity (Wildman–Crippen MR) is 125 cm³/mol. The third-order valence-corrected chi connectivity index (χ3v) is 6.27. The Kier molecular flexibility index (Phi) is 7.41. The first-order valence-corrected chi connectivity index (χ1v) is 11.9. The summed E-state index contributed by atoms with van der Waals surface area (Å²) in [5.74, 6) is 1.88. The van der Waals surface area contributed by atoms with Crippen LogP contribution in [-0.4, -0.2) is 109 Å². The normalized spacial score (nSPS) is 20.2. The van der Waals surface area contributed by atoms with Crippen LogP contribution < -0.4 is 14.8 Å². The van der Waals surface area contributed by atoms with E-state index in [1.807, 2.05) is 31.7 Å². The summed E-state index contributed by atoms with van der Waals surface area (Å²) >= 11 is 0. The molecule has 2 saturated heterocycles. The Bertz CT molecular complexity index is 840. The number of nitrogens with one attached hydrogen (secondary N) is 1. The highest BCUT2D eigenvalue weighted by Crippen LogP contribution is 2.32. The maximum absolute atomic E-state index is 12.8. The van der Waals surface area contributed by atoms with Gasteiger partial charge in [-0.05, 0) is 38.5 Å². The number of hydrogen-bond donors (Lipinski definition) is 1. The minimum absolute atomic E-state index is 0.0425. The lowest BCUT2D eigenvalue weighted by Crippen LogP contribution is -2.55. The van der Waals surface area contributed by atoms with Crippen LogP contribution in [0.15, 0.2) is 18.2 Å². The molecule has 1 aromatic rings. The van der Waals surface area contributed by atoms with Crippen LogP contribution in [0, 0.1) is 0 Å². The third-order valence-electron chi connectivity index (χ3n) is 6.27. The van der Waals surface area contributed by atoms with Crippen LogP contribution in [0.4, 0.5) is 0 Å². The highest BCUT2D eigenvalue weighted by atomic mass is 16.7. The number of fused-ring (bicyclic) bond motifs is 1. The van der Waals surface area contributed by atoms with Gasteiger partial charge in [0.15, 0.2) is 11.5 Å². The number of piperazine rings is 2. The van der Waals surface area contributed by atoms with Crippen molar-refractivity contribution in [3.63, 3.8) is 0 Å². The standard InChI is InChI=1S/C24H37N5O4/c1-24(2,3)25-22(30)16-27-10-12-29(13-11-27)23(31)17-28-8-6-26(7-9-28)15-19-4-5-20-21(14-19)33-18-32-20/h4-5,14H,6-13,15-18H2,1-3H3,(H,25,30).